The normalized spacial score (nSPS) is 10.9. The van der Waals surface area contributed by atoms with Crippen molar-refractivity contribution in [2.75, 3.05) is 4.72 Å². The quantitative estimate of drug-likeness (QED) is 0.922. The molecule has 2 aromatic rings. The Hall–Kier alpha value is -2.32. The van der Waals surface area contributed by atoms with Gasteiger partial charge in [-0.15, -0.1) is 0 Å². The molecule has 0 bridgehead atoms. The van der Waals surface area contributed by atoms with E-state index < -0.39 is 10.0 Å². The van der Waals surface area contributed by atoms with Crippen LogP contribution in [0.2, 0.25) is 0 Å². The third-order valence-corrected chi connectivity index (χ3v) is 4.50. The summed E-state index contributed by atoms with van der Waals surface area (Å²) in [5.41, 5.74) is 2.42. The average molecular weight is 300 g/mol. The Morgan fingerprint density at radius 2 is 1.81 bits per heavy atom. The molecule has 0 amide bonds. The summed E-state index contributed by atoms with van der Waals surface area (Å²) in [6.07, 6.45) is 1.12. The van der Waals surface area contributed by atoms with Gasteiger partial charge in [0.2, 0.25) is 0 Å². The highest BCUT2D eigenvalue weighted by atomic mass is 32.2. The van der Waals surface area contributed by atoms with Crippen LogP contribution in [0.25, 0.3) is 0 Å². The summed E-state index contributed by atoms with van der Waals surface area (Å²) in [6, 6.07) is 15.7. The summed E-state index contributed by atoms with van der Waals surface area (Å²) >= 11 is 0. The molecule has 2 rings (SSSR count). The second-order valence-electron chi connectivity index (χ2n) is 4.64. The van der Waals surface area contributed by atoms with Crippen LogP contribution in [-0.4, -0.2) is 8.42 Å². The predicted molar refractivity (Wildman–Crippen MR) is 82.4 cm³/mol. The van der Waals surface area contributed by atoms with E-state index in [1.807, 2.05) is 31.2 Å². The van der Waals surface area contributed by atoms with Gasteiger partial charge in [-0.2, -0.15) is 5.26 Å². The summed E-state index contributed by atoms with van der Waals surface area (Å²) < 4.78 is 27.2. The zero-order valence-corrected chi connectivity index (χ0v) is 12.5. The first-order valence-electron chi connectivity index (χ1n) is 6.63. The van der Waals surface area contributed by atoms with E-state index in [-0.39, 0.29) is 11.3 Å². The number of nitriles is 1. The fourth-order valence-electron chi connectivity index (χ4n) is 1.95. The summed E-state index contributed by atoms with van der Waals surface area (Å²) in [5.74, 6) is 0. The van der Waals surface area contributed by atoms with E-state index in [0.29, 0.717) is 5.69 Å². The number of sulfonamides is 1. The van der Waals surface area contributed by atoms with E-state index in [0.717, 1.165) is 17.5 Å². The van der Waals surface area contributed by atoms with Gasteiger partial charge in [-0.1, -0.05) is 31.2 Å². The van der Waals surface area contributed by atoms with Crippen LogP contribution in [0.15, 0.2) is 53.4 Å². The number of nitrogens with zero attached hydrogens (tertiary/aromatic N) is 1. The monoisotopic (exact) mass is 300 g/mol. The molecular formula is C16H16N2O2S. The van der Waals surface area contributed by atoms with E-state index in [1.54, 1.807) is 18.2 Å². The number of benzene rings is 2. The van der Waals surface area contributed by atoms with E-state index in [9.17, 15) is 8.42 Å². The maximum atomic E-state index is 12.3. The van der Waals surface area contributed by atoms with Gasteiger partial charge >= 0.3 is 0 Å². The highest BCUT2D eigenvalue weighted by molar-refractivity contribution is 7.92. The minimum absolute atomic E-state index is 0.186. The zero-order valence-electron chi connectivity index (χ0n) is 11.7. The molecule has 0 radical (unpaired) electrons. The molecule has 0 aromatic heterocycles. The topological polar surface area (TPSA) is 70.0 Å². The lowest BCUT2D eigenvalue weighted by Crippen LogP contribution is -2.13. The van der Waals surface area contributed by atoms with Crippen molar-refractivity contribution in [1.29, 1.82) is 5.26 Å². The molecule has 0 unspecified atom stereocenters. The lowest BCUT2D eigenvalue weighted by molar-refractivity contribution is 0.601. The minimum atomic E-state index is -3.60. The van der Waals surface area contributed by atoms with Crippen LogP contribution in [0, 0.1) is 11.3 Å². The summed E-state index contributed by atoms with van der Waals surface area (Å²) in [6.45, 7) is 2.02. The molecule has 0 aliphatic rings. The van der Waals surface area contributed by atoms with Gasteiger partial charge in [0.25, 0.3) is 10.0 Å². The van der Waals surface area contributed by atoms with E-state index >= 15 is 0 Å². The number of rotatable bonds is 5. The minimum Gasteiger partial charge on any atom is -0.280 e. The van der Waals surface area contributed by atoms with Crippen molar-refractivity contribution < 1.29 is 8.42 Å². The van der Waals surface area contributed by atoms with Crippen molar-refractivity contribution >= 4 is 15.7 Å². The fraction of sp³-hybridized carbons (Fsp3) is 0.188. The molecular weight excluding hydrogens is 284 g/mol. The van der Waals surface area contributed by atoms with Crippen molar-refractivity contribution in [1.82, 2.24) is 0 Å². The number of anilines is 1. The van der Waals surface area contributed by atoms with Gasteiger partial charge in [0.15, 0.2) is 0 Å². The van der Waals surface area contributed by atoms with Gasteiger partial charge in [0.1, 0.15) is 0 Å². The molecule has 0 fully saturated rings. The van der Waals surface area contributed by atoms with Gasteiger partial charge in [-0.3, -0.25) is 4.72 Å². The summed E-state index contributed by atoms with van der Waals surface area (Å²) in [5, 5.41) is 8.61. The van der Waals surface area contributed by atoms with Crippen LogP contribution in [0.5, 0.6) is 0 Å². The van der Waals surface area contributed by atoms with Crippen molar-refractivity contribution in [3.05, 3.63) is 59.7 Å². The summed E-state index contributed by atoms with van der Waals surface area (Å²) in [4.78, 5) is 0.186. The molecule has 2 aromatic carbocycles. The van der Waals surface area contributed by atoms with Crippen molar-refractivity contribution in [3.8, 4) is 6.07 Å². The molecule has 0 spiro atoms. The molecule has 0 saturated carbocycles. The van der Waals surface area contributed by atoms with Gasteiger partial charge in [-0.25, -0.2) is 8.42 Å². The van der Waals surface area contributed by atoms with Crippen LogP contribution in [0.1, 0.15) is 18.1 Å². The van der Waals surface area contributed by atoms with Gasteiger partial charge in [0, 0.05) is 5.69 Å². The molecule has 0 saturated heterocycles. The van der Waals surface area contributed by atoms with E-state index in [2.05, 4.69) is 4.72 Å². The van der Waals surface area contributed by atoms with Crippen molar-refractivity contribution in [2.24, 2.45) is 0 Å². The van der Waals surface area contributed by atoms with Crippen LogP contribution in [-0.2, 0) is 22.9 Å². The lowest BCUT2D eigenvalue weighted by atomic mass is 10.1. The average Bonchev–Trinajstić information content (AvgIpc) is 2.48. The summed E-state index contributed by atoms with van der Waals surface area (Å²) in [7, 11) is -3.60. The Labute approximate surface area is 125 Å². The molecule has 1 N–H and O–H groups in total. The highest BCUT2D eigenvalue weighted by Crippen LogP contribution is 2.18. The number of hydrogen-bond donors (Lipinski definition) is 1. The van der Waals surface area contributed by atoms with Crippen LogP contribution >= 0.6 is 0 Å². The van der Waals surface area contributed by atoms with Crippen LogP contribution in [0.3, 0.4) is 0 Å². The Kier molecular flexibility index (Phi) is 4.61. The smallest absolute Gasteiger partial charge is 0.261 e. The predicted octanol–water partition coefficient (Wildman–Crippen LogP) is 3.12. The molecule has 0 aliphatic carbocycles. The first kappa shape index (κ1) is 15.1. The lowest BCUT2D eigenvalue weighted by Gasteiger charge is -2.09. The van der Waals surface area contributed by atoms with Crippen molar-refractivity contribution in [2.45, 2.75) is 24.7 Å². The maximum absolute atomic E-state index is 12.3. The first-order valence-corrected chi connectivity index (χ1v) is 8.11. The molecule has 108 valence electrons. The van der Waals surface area contributed by atoms with Gasteiger partial charge < -0.3 is 0 Å². The standard InChI is InChI=1S/C16H16N2O2S/c1-2-13-4-3-5-15(12-13)18-21(19,20)16-8-6-14(7-9-16)10-11-17/h3-9,12,18H,2,10H2,1H3. The Balaban J connectivity index is 2.23. The third kappa shape index (κ3) is 3.83. The van der Waals surface area contributed by atoms with Crippen molar-refractivity contribution in [3.63, 3.8) is 0 Å². The Morgan fingerprint density at radius 1 is 1.10 bits per heavy atom. The third-order valence-electron chi connectivity index (χ3n) is 3.10. The molecule has 0 atom stereocenters. The molecule has 5 heteroatoms. The molecule has 4 nitrogen and oxygen atoms in total. The Bertz CT molecular complexity index is 760. The number of nitrogens with one attached hydrogen (secondary N) is 1. The van der Waals surface area contributed by atoms with Gasteiger partial charge in [-0.05, 0) is 41.8 Å². The van der Waals surface area contributed by atoms with E-state index in [4.69, 9.17) is 5.26 Å². The molecule has 21 heavy (non-hydrogen) atoms. The van der Waals surface area contributed by atoms with Crippen LogP contribution in [0.4, 0.5) is 5.69 Å². The second kappa shape index (κ2) is 6.42. The highest BCUT2D eigenvalue weighted by Gasteiger charge is 2.14. The molecule has 0 aliphatic heterocycles. The number of aryl methyl sites for hydroxylation is 1. The number of hydrogen-bond acceptors (Lipinski definition) is 3. The fourth-order valence-corrected chi connectivity index (χ4v) is 3.00. The SMILES string of the molecule is CCc1cccc(NS(=O)(=O)c2ccc(CC#N)cc2)c1. The molecule has 0 heterocycles. The Morgan fingerprint density at radius 3 is 2.43 bits per heavy atom. The van der Waals surface area contributed by atoms with Gasteiger partial charge in [0.05, 0.1) is 17.4 Å². The zero-order chi connectivity index (χ0) is 15.3. The second-order valence-corrected chi connectivity index (χ2v) is 6.32. The van der Waals surface area contributed by atoms with Crippen LogP contribution < -0.4 is 4.72 Å². The maximum Gasteiger partial charge on any atom is 0.261 e. The van der Waals surface area contributed by atoms with E-state index in [1.165, 1.54) is 12.1 Å². The first-order chi connectivity index (χ1) is 10.0. The largest absolute Gasteiger partial charge is 0.280 e.